The Labute approximate surface area is 249 Å². The SMILES string of the molecule is CCOc1ccc(C(=CC(=O)N2CCN(C(=O)c3cc(OC)c(OC)c(OC)c3)CC2)c2cc(Cl)ccc2Cl)cc1. The summed E-state index contributed by atoms with van der Waals surface area (Å²) in [6.45, 7) is 3.93. The van der Waals surface area contributed by atoms with Crippen LogP contribution in [0.4, 0.5) is 0 Å². The molecule has 0 aromatic heterocycles. The van der Waals surface area contributed by atoms with E-state index < -0.39 is 0 Å². The van der Waals surface area contributed by atoms with Crippen molar-refractivity contribution >= 4 is 40.6 Å². The van der Waals surface area contributed by atoms with Crippen LogP contribution in [0.15, 0.2) is 60.7 Å². The van der Waals surface area contributed by atoms with E-state index in [0.717, 1.165) is 11.3 Å². The number of piperazine rings is 1. The van der Waals surface area contributed by atoms with Gasteiger partial charge in [-0.05, 0) is 60.5 Å². The van der Waals surface area contributed by atoms with E-state index in [0.29, 0.717) is 76.8 Å². The number of hydrogen-bond acceptors (Lipinski definition) is 6. The summed E-state index contributed by atoms with van der Waals surface area (Å²) in [7, 11) is 4.51. The number of benzene rings is 3. The number of amides is 2. The minimum absolute atomic E-state index is 0.187. The molecule has 10 heteroatoms. The Morgan fingerprint density at radius 3 is 1.98 bits per heavy atom. The molecule has 1 saturated heterocycles. The summed E-state index contributed by atoms with van der Waals surface area (Å²) in [5.74, 6) is 1.56. The molecule has 2 amide bonds. The minimum Gasteiger partial charge on any atom is -0.494 e. The van der Waals surface area contributed by atoms with Crippen LogP contribution in [0.3, 0.4) is 0 Å². The quantitative estimate of drug-likeness (QED) is 0.288. The second kappa shape index (κ2) is 13.7. The first-order valence-corrected chi connectivity index (χ1v) is 13.8. The molecule has 3 aromatic rings. The molecule has 0 atom stereocenters. The van der Waals surface area contributed by atoms with Crippen molar-refractivity contribution in [2.75, 3.05) is 54.1 Å². The Morgan fingerprint density at radius 1 is 0.805 bits per heavy atom. The monoisotopic (exact) mass is 598 g/mol. The van der Waals surface area contributed by atoms with Gasteiger partial charge in [-0.1, -0.05) is 35.3 Å². The fraction of sp³-hybridized carbons (Fsp3) is 0.290. The van der Waals surface area contributed by atoms with Crippen molar-refractivity contribution in [1.29, 1.82) is 0 Å². The summed E-state index contributed by atoms with van der Waals surface area (Å²) in [5.41, 5.74) is 2.49. The van der Waals surface area contributed by atoms with Gasteiger partial charge in [0.1, 0.15) is 5.75 Å². The van der Waals surface area contributed by atoms with Crippen molar-refractivity contribution in [3.05, 3.63) is 87.4 Å². The van der Waals surface area contributed by atoms with Gasteiger partial charge in [0.2, 0.25) is 11.7 Å². The lowest BCUT2D eigenvalue weighted by atomic mass is 9.97. The maximum Gasteiger partial charge on any atom is 0.254 e. The van der Waals surface area contributed by atoms with Crippen molar-refractivity contribution in [2.45, 2.75) is 6.92 Å². The van der Waals surface area contributed by atoms with Crippen LogP contribution >= 0.6 is 23.2 Å². The van der Waals surface area contributed by atoms with Crippen molar-refractivity contribution in [1.82, 2.24) is 9.80 Å². The second-order valence-corrected chi connectivity index (χ2v) is 10.0. The lowest BCUT2D eigenvalue weighted by Crippen LogP contribution is -2.50. The van der Waals surface area contributed by atoms with Crippen LogP contribution in [0.2, 0.25) is 10.0 Å². The molecule has 0 saturated carbocycles. The van der Waals surface area contributed by atoms with E-state index in [1.807, 2.05) is 31.2 Å². The topological polar surface area (TPSA) is 77.5 Å². The normalized spacial score (nSPS) is 13.6. The Hall–Kier alpha value is -3.88. The number of carbonyl (C=O) groups excluding carboxylic acids is 2. The van der Waals surface area contributed by atoms with E-state index in [2.05, 4.69) is 0 Å². The molecule has 0 spiro atoms. The van der Waals surface area contributed by atoms with Crippen LogP contribution in [0, 0.1) is 0 Å². The van der Waals surface area contributed by atoms with Gasteiger partial charge in [-0.2, -0.15) is 0 Å². The summed E-state index contributed by atoms with van der Waals surface area (Å²) >= 11 is 12.8. The number of rotatable bonds is 9. The molecule has 3 aromatic carbocycles. The summed E-state index contributed by atoms with van der Waals surface area (Å²) in [6.07, 6.45) is 1.57. The van der Waals surface area contributed by atoms with E-state index in [-0.39, 0.29) is 11.8 Å². The molecule has 216 valence electrons. The molecule has 1 heterocycles. The maximum absolute atomic E-state index is 13.5. The summed E-state index contributed by atoms with van der Waals surface area (Å²) < 4.78 is 21.7. The molecule has 0 bridgehead atoms. The highest BCUT2D eigenvalue weighted by atomic mass is 35.5. The zero-order chi connectivity index (χ0) is 29.5. The van der Waals surface area contributed by atoms with Crippen LogP contribution in [0.5, 0.6) is 23.0 Å². The van der Waals surface area contributed by atoms with Crippen LogP contribution < -0.4 is 18.9 Å². The average Bonchev–Trinajstić information content (AvgIpc) is 3.00. The maximum atomic E-state index is 13.5. The molecular formula is C31H32Cl2N2O6. The van der Waals surface area contributed by atoms with E-state index in [1.165, 1.54) is 21.3 Å². The highest BCUT2D eigenvalue weighted by molar-refractivity contribution is 6.34. The van der Waals surface area contributed by atoms with Crippen molar-refractivity contribution < 1.29 is 28.5 Å². The summed E-state index contributed by atoms with van der Waals surface area (Å²) in [4.78, 5) is 30.2. The van der Waals surface area contributed by atoms with Crippen LogP contribution in [0.25, 0.3) is 5.57 Å². The smallest absolute Gasteiger partial charge is 0.254 e. The first kappa shape index (κ1) is 30.1. The highest BCUT2D eigenvalue weighted by Crippen LogP contribution is 2.38. The van der Waals surface area contributed by atoms with E-state index in [4.69, 9.17) is 42.1 Å². The van der Waals surface area contributed by atoms with E-state index in [9.17, 15) is 9.59 Å². The third kappa shape index (κ3) is 6.89. The number of carbonyl (C=O) groups is 2. The fourth-order valence-electron chi connectivity index (χ4n) is 4.65. The zero-order valence-electron chi connectivity index (χ0n) is 23.4. The van der Waals surface area contributed by atoms with Gasteiger partial charge in [-0.25, -0.2) is 0 Å². The van der Waals surface area contributed by atoms with Gasteiger partial charge in [0, 0.05) is 53.4 Å². The van der Waals surface area contributed by atoms with Gasteiger partial charge in [0.25, 0.3) is 5.91 Å². The predicted octanol–water partition coefficient (Wildman–Crippen LogP) is 5.83. The number of hydrogen-bond donors (Lipinski definition) is 0. The van der Waals surface area contributed by atoms with E-state index in [1.54, 1.807) is 46.2 Å². The van der Waals surface area contributed by atoms with Gasteiger partial charge < -0.3 is 28.7 Å². The Kier molecular flexibility index (Phi) is 10.0. The molecule has 1 fully saturated rings. The molecule has 0 aliphatic carbocycles. The molecule has 41 heavy (non-hydrogen) atoms. The molecule has 0 radical (unpaired) electrons. The molecule has 8 nitrogen and oxygen atoms in total. The van der Waals surface area contributed by atoms with Crippen molar-refractivity contribution in [3.63, 3.8) is 0 Å². The predicted molar refractivity (Wildman–Crippen MR) is 160 cm³/mol. The minimum atomic E-state index is -0.190. The van der Waals surface area contributed by atoms with Crippen molar-refractivity contribution in [2.24, 2.45) is 0 Å². The molecule has 1 aliphatic heterocycles. The first-order chi connectivity index (χ1) is 19.8. The first-order valence-electron chi connectivity index (χ1n) is 13.1. The van der Waals surface area contributed by atoms with Crippen LogP contribution in [0.1, 0.15) is 28.4 Å². The Balaban J connectivity index is 1.54. The lowest BCUT2D eigenvalue weighted by Gasteiger charge is -2.34. The Bertz CT molecular complexity index is 1410. The summed E-state index contributed by atoms with van der Waals surface area (Å²) in [6, 6.07) is 15.9. The number of ether oxygens (including phenoxy) is 4. The molecule has 1 aliphatic rings. The molecular weight excluding hydrogens is 567 g/mol. The van der Waals surface area contributed by atoms with Gasteiger partial charge in [-0.3, -0.25) is 9.59 Å². The largest absolute Gasteiger partial charge is 0.494 e. The van der Waals surface area contributed by atoms with Gasteiger partial charge in [0.15, 0.2) is 11.5 Å². The summed E-state index contributed by atoms with van der Waals surface area (Å²) in [5, 5.41) is 0.982. The van der Waals surface area contributed by atoms with Gasteiger partial charge in [0.05, 0.1) is 27.9 Å². The lowest BCUT2D eigenvalue weighted by molar-refractivity contribution is -0.127. The average molecular weight is 600 g/mol. The second-order valence-electron chi connectivity index (χ2n) is 9.17. The standard InChI is InChI=1S/C31H32Cl2N2O6/c1-5-41-23-9-6-20(7-10-23)24(25-18-22(32)8-11-26(25)33)19-29(36)34-12-14-35(15-13-34)31(37)21-16-27(38-2)30(40-4)28(17-21)39-3/h6-11,16-19H,5,12-15H2,1-4H3. The molecule has 0 N–H and O–H groups in total. The Morgan fingerprint density at radius 2 is 1.41 bits per heavy atom. The highest BCUT2D eigenvalue weighted by Gasteiger charge is 2.27. The van der Waals surface area contributed by atoms with Gasteiger partial charge in [-0.15, -0.1) is 0 Å². The molecule has 4 rings (SSSR count). The van der Waals surface area contributed by atoms with Crippen LogP contribution in [-0.2, 0) is 4.79 Å². The zero-order valence-corrected chi connectivity index (χ0v) is 24.9. The van der Waals surface area contributed by atoms with Crippen LogP contribution in [-0.4, -0.2) is 75.7 Å². The van der Waals surface area contributed by atoms with Crippen molar-refractivity contribution in [3.8, 4) is 23.0 Å². The third-order valence-electron chi connectivity index (χ3n) is 6.75. The fourth-order valence-corrected chi connectivity index (χ4v) is 5.04. The van der Waals surface area contributed by atoms with E-state index >= 15 is 0 Å². The number of methoxy groups -OCH3 is 3. The van der Waals surface area contributed by atoms with Gasteiger partial charge >= 0.3 is 0 Å². The number of halogens is 2. The number of nitrogens with zero attached hydrogens (tertiary/aromatic N) is 2. The third-order valence-corrected chi connectivity index (χ3v) is 7.32. The molecule has 0 unspecified atom stereocenters.